The van der Waals surface area contributed by atoms with E-state index in [0.717, 1.165) is 17.7 Å². The zero-order valence-electron chi connectivity index (χ0n) is 21.7. The van der Waals surface area contributed by atoms with Crippen molar-refractivity contribution in [3.8, 4) is 34.5 Å². The Labute approximate surface area is 231 Å². The SMILES string of the molecule is CC[C@@]1(O)C(=O)OCc2c1cc1c(c2O)Cc2cc3cc(OC(=O)CCC(=O)On4c(O)ccc4O)ccc3nc2-1. The van der Waals surface area contributed by atoms with Gasteiger partial charge in [-0.3, -0.25) is 4.79 Å². The Morgan fingerprint density at radius 2 is 1.76 bits per heavy atom. The summed E-state index contributed by atoms with van der Waals surface area (Å²) in [6.45, 7) is 1.53. The minimum Gasteiger partial charge on any atom is -0.507 e. The van der Waals surface area contributed by atoms with Gasteiger partial charge in [0.1, 0.15) is 18.1 Å². The number of hydrogen-bond acceptors (Lipinski definition) is 11. The van der Waals surface area contributed by atoms with Gasteiger partial charge >= 0.3 is 17.9 Å². The lowest BCUT2D eigenvalue weighted by atomic mass is 9.83. The third-order valence-electron chi connectivity index (χ3n) is 7.40. The summed E-state index contributed by atoms with van der Waals surface area (Å²) in [6, 6.07) is 10.7. The largest absolute Gasteiger partial charge is 0.507 e. The highest BCUT2D eigenvalue weighted by atomic mass is 16.7. The van der Waals surface area contributed by atoms with E-state index in [0.29, 0.717) is 50.0 Å². The van der Waals surface area contributed by atoms with E-state index >= 15 is 0 Å². The molecule has 6 rings (SSSR count). The molecule has 2 aromatic heterocycles. The van der Waals surface area contributed by atoms with Crippen LogP contribution in [-0.2, 0) is 37.7 Å². The number of aromatic hydroxyl groups is 3. The molecule has 0 saturated heterocycles. The van der Waals surface area contributed by atoms with Crippen LogP contribution in [0.2, 0.25) is 0 Å². The summed E-state index contributed by atoms with van der Waals surface area (Å²) in [6.07, 6.45) is -0.215. The van der Waals surface area contributed by atoms with Gasteiger partial charge in [0.25, 0.3) is 0 Å². The first-order valence-electron chi connectivity index (χ1n) is 12.8. The first-order valence-corrected chi connectivity index (χ1v) is 12.8. The van der Waals surface area contributed by atoms with Gasteiger partial charge in [-0.2, -0.15) is 0 Å². The lowest BCUT2D eigenvalue weighted by molar-refractivity contribution is -0.172. The van der Waals surface area contributed by atoms with Gasteiger partial charge in [0.05, 0.1) is 24.1 Å². The molecule has 2 aliphatic rings. The number of aromatic nitrogens is 2. The van der Waals surface area contributed by atoms with Gasteiger partial charge in [0.2, 0.25) is 11.8 Å². The van der Waals surface area contributed by atoms with E-state index < -0.39 is 35.3 Å². The maximum Gasteiger partial charge on any atom is 0.343 e. The molecule has 0 radical (unpaired) electrons. The normalized spacial score (nSPS) is 17.0. The van der Waals surface area contributed by atoms with Gasteiger partial charge in [-0.25, -0.2) is 14.6 Å². The van der Waals surface area contributed by atoms with Gasteiger partial charge < -0.3 is 34.7 Å². The summed E-state index contributed by atoms with van der Waals surface area (Å²) in [5.74, 6) is -3.06. The maximum atomic E-state index is 12.4. The number of aliphatic hydroxyl groups is 1. The zero-order chi connectivity index (χ0) is 29.1. The first kappa shape index (κ1) is 26.1. The van der Waals surface area contributed by atoms with Gasteiger partial charge in [-0.1, -0.05) is 6.92 Å². The van der Waals surface area contributed by atoms with Crippen molar-refractivity contribution in [1.82, 2.24) is 9.71 Å². The van der Waals surface area contributed by atoms with Crippen molar-refractivity contribution in [3.05, 3.63) is 64.7 Å². The molecule has 0 bridgehead atoms. The molecule has 4 N–H and O–H groups in total. The number of nitrogens with zero attached hydrogens (tertiary/aromatic N) is 2. The van der Waals surface area contributed by atoms with Crippen molar-refractivity contribution in [2.24, 2.45) is 0 Å². The van der Waals surface area contributed by atoms with Crippen molar-refractivity contribution in [1.29, 1.82) is 0 Å². The second-order valence-corrected chi connectivity index (χ2v) is 9.88. The van der Waals surface area contributed by atoms with E-state index in [9.17, 15) is 34.8 Å². The minimum atomic E-state index is -1.86. The highest BCUT2D eigenvalue weighted by Gasteiger charge is 2.45. The molecule has 0 fully saturated rings. The molecule has 3 heterocycles. The van der Waals surface area contributed by atoms with Crippen LogP contribution in [0.15, 0.2) is 42.5 Å². The van der Waals surface area contributed by atoms with Crippen LogP contribution in [-0.4, -0.2) is 48.0 Å². The Hall–Kier alpha value is -5.10. The Morgan fingerprint density at radius 3 is 2.49 bits per heavy atom. The number of pyridine rings is 1. The third kappa shape index (κ3) is 4.28. The molecule has 0 unspecified atom stereocenters. The molecular weight excluding hydrogens is 536 g/mol. The number of esters is 2. The highest BCUT2D eigenvalue weighted by molar-refractivity contribution is 5.91. The minimum absolute atomic E-state index is 0.0331. The molecule has 2 aromatic carbocycles. The van der Waals surface area contributed by atoms with E-state index in [1.54, 1.807) is 31.2 Å². The van der Waals surface area contributed by atoms with Crippen molar-refractivity contribution in [2.45, 2.75) is 44.8 Å². The maximum absolute atomic E-state index is 12.4. The van der Waals surface area contributed by atoms with Crippen molar-refractivity contribution >= 4 is 28.8 Å². The number of carbonyl (C=O) groups is 3. The number of fused-ring (bicyclic) bond motifs is 5. The molecule has 12 nitrogen and oxygen atoms in total. The smallest absolute Gasteiger partial charge is 0.343 e. The molecule has 1 aliphatic heterocycles. The summed E-state index contributed by atoms with van der Waals surface area (Å²) in [5.41, 5.74) is 2.10. The zero-order valence-corrected chi connectivity index (χ0v) is 21.7. The topological polar surface area (TPSA) is 178 Å². The molecule has 0 saturated carbocycles. The van der Waals surface area contributed by atoms with E-state index in [-0.39, 0.29) is 37.4 Å². The second-order valence-electron chi connectivity index (χ2n) is 9.88. The molecule has 210 valence electrons. The van der Waals surface area contributed by atoms with Crippen molar-refractivity contribution in [2.75, 3.05) is 0 Å². The predicted octanol–water partition coefficient (Wildman–Crippen LogP) is 2.72. The molecule has 12 heteroatoms. The number of carbonyl (C=O) groups excluding carboxylic acids is 3. The van der Waals surface area contributed by atoms with Crippen LogP contribution in [0, 0.1) is 0 Å². The predicted molar refractivity (Wildman–Crippen MR) is 140 cm³/mol. The van der Waals surface area contributed by atoms with Gasteiger partial charge in [-0.15, -0.1) is 4.73 Å². The fourth-order valence-electron chi connectivity index (χ4n) is 5.21. The molecule has 0 amide bonds. The Morgan fingerprint density at radius 1 is 1.02 bits per heavy atom. The van der Waals surface area contributed by atoms with Crippen LogP contribution in [0.1, 0.15) is 48.4 Å². The monoisotopic (exact) mass is 560 g/mol. The number of benzene rings is 2. The second kappa shape index (κ2) is 9.52. The molecule has 0 spiro atoms. The number of hydrogen-bond donors (Lipinski definition) is 4. The van der Waals surface area contributed by atoms with Gasteiger partial charge in [-0.05, 0) is 42.3 Å². The number of phenols is 1. The quantitative estimate of drug-likeness (QED) is 0.177. The fourth-order valence-corrected chi connectivity index (χ4v) is 5.21. The van der Waals surface area contributed by atoms with Crippen LogP contribution in [0.4, 0.5) is 0 Å². The van der Waals surface area contributed by atoms with Crippen LogP contribution in [0.5, 0.6) is 23.3 Å². The molecular formula is C29H24N2O10. The number of cyclic esters (lactones) is 1. The Kier molecular flexibility index (Phi) is 6.07. The molecule has 41 heavy (non-hydrogen) atoms. The summed E-state index contributed by atoms with van der Waals surface area (Å²) in [5, 5.41) is 41.9. The Balaban J connectivity index is 1.21. The number of phenolic OH excluding ortho intramolecular Hbond substituents is 1. The lowest BCUT2D eigenvalue weighted by Crippen LogP contribution is -2.41. The lowest BCUT2D eigenvalue weighted by Gasteiger charge is -2.32. The Bertz CT molecular complexity index is 1760. The molecule has 1 atom stereocenters. The summed E-state index contributed by atoms with van der Waals surface area (Å²) < 4.78 is 11.1. The summed E-state index contributed by atoms with van der Waals surface area (Å²) >= 11 is 0. The van der Waals surface area contributed by atoms with Gasteiger partial charge in [0, 0.05) is 46.2 Å². The van der Waals surface area contributed by atoms with Crippen molar-refractivity contribution in [3.63, 3.8) is 0 Å². The third-order valence-corrected chi connectivity index (χ3v) is 7.40. The average molecular weight is 561 g/mol. The fraction of sp³-hybridized carbons (Fsp3) is 0.241. The van der Waals surface area contributed by atoms with Crippen LogP contribution in [0.3, 0.4) is 0 Å². The van der Waals surface area contributed by atoms with Crippen molar-refractivity contribution < 1.29 is 49.1 Å². The van der Waals surface area contributed by atoms with Crippen LogP contribution < -0.4 is 9.57 Å². The summed E-state index contributed by atoms with van der Waals surface area (Å²) in [7, 11) is 0. The van der Waals surface area contributed by atoms with E-state index in [1.165, 1.54) is 0 Å². The standard InChI is InChI=1S/C29H24N2O10/c1-2-29(38)20-12-17-18(27(36)19(20)13-39-28(29)37)11-15-9-14-10-16(3-4-21(14)30-26(15)17)40-24(34)7-8-25(35)41-31-22(32)5-6-23(31)33/h3-6,9-10,12,32-33,36,38H,2,7-8,11,13H2,1H3/t29-/m0/s1. The summed E-state index contributed by atoms with van der Waals surface area (Å²) in [4.78, 5) is 46.3. The van der Waals surface area contributed by atoms with Gasteiger partial charge in [0.15, 0.2) is 5.60 Å². The number of rotatable bonds is 6. The highest BCUT2D eigenvalue weighted by Crippen LogP contribution is 2.48. The first-order chi connectivity index (χ1) is 19.6. The van der Waals surface area contributed by atoms with Crippen LogP contribution >= 0.6 is 0 Å². The van der Waals surface area contributed by atoms with E-state index in [1.807, 2.05) is 6.07 Å². The molecule has 4 aromatic rings. The van der Waals surface area contributed by atoms with E-state index in [4.69, 9.17) is 19.3 Å². The molecule has 1 aliphatic carbocycles. The van der Waals surface area contributed by atoms with E-state index in [2.05, 4.69) is 0 Å². The van der Waals surface area contributed by atoms with Crippen LogP contribution in [0.25, 0.3) is 22.2 Å². The average Bonchev–Trinajstić information content (AvgIpc) is 3.47. The number of ether oxygens (including phenoxy) is 2.